The second-order valence-electron chi connectivity index (χ2n) is 4.29. The fraction of sp³-hybridized carbons (Fsp3) is 0.818. The molecule has 1 aliphatic rings. The minimum Gasteiger partial charge on any atom is -0.396 e. The molecule has 1 rings (SSSR count). The van der Waals surface area contributed by atoms with Crippen molar-refractivity contribution in [3.05, 3.63) is 0 Å². The molecule has 0 bridgehead atoms. The molecule has 1 heterocycles. The minimum absolute atomic E-state index is 0.0654. The van der Waals surface area contributed by atoms with Gasteiger partial charge in [0, 0.05) is 12.6 Å². The number of carbonyl (C=O) groups excluding carboxylic acids is 1. The third-order valence-electron chi connectivity index (χ3n) is 3.07. The van der Waals surface area contributed by atoms with Crippen molar-refractivity contribution < 1.29 is 9.90 Å². The van der Waals surface area contributed by atoms with Gasteiger partial charge in [0.05, 0.1) is 12.1 Å². The lowest BCUT2D eigenvalue weighted by molar-refractivity contribution is -0.138. The number of aliphatic hydroxyl groups excluding tert-OH is 1. The van der Waals surface area contributed by atoms with Crippen LogP contribution in [0.5, 0.6) is 0 Å². The average Bonchev–Trinajstić information content (AvgIpc) is 2.28. The SMILES string of the molecule is C[C@H]1CCC[C@@H](C#N)N1C(=O)[C@H](N)CCO. The summed E-state index contributed by atoms with van der Waals surface area (Å²) in [5.74, 6) is -0.215. The summed E-state index contributed by atoms with van der Waals surface area (Å²) in [4.78, 5) is 13.6. The fourth-order valence-corrected chi connectivity index (χ4v) is 2.14. The van der Waals surface area contributed by atoms with Gasteiger partial charge in [-0.05, 0) is 32.6 Å². The Morgan fingerprint density at radius 3 is 2.94 bits per heavy atom. The standard InChI is InChI=1S/C11H19N3O2/c1-8-3-2-4-9(7-12)14(8)11(16)10(13)5-6-15/h8-10,15H,2-6,13H2,1H3/t8-,9-,10+/m0/s1. The molecule has 90 valence electrons. The van der Waals surface area contributed by atoms with Crippen molar-refractivity contribution in [1.29, 1.82) is 5.26 Å². The molecule has 0 aromatic carbocycles. The summed E-state index contributed by atoms with van der Waals surface area (Å²) in [6.45, 7) is 1.83. The van der Waals surface area contributed by atoms with Gasteiger partial charge in [0.25, 0.3) is 0 Å². The molecule has 5 heteroatoms. The summed E-state index contributed by atoms with van der Waals surface area (Å²) in [6.07, 6.45) is 2.85. The van der Waals surface area contributed by atoms with Gasteiger partial charge in [0.2, 0.25) is 5.91 Å². The van der Waals surface area contributed by atoms with E-state index in [9.17, 15) is 4.79 Å². The molecule has 16 heavy (non-hydrogen) atoms. The predicted molar refractivity (Wildman–Crippen MR) is 59.2 cm³/mol. The Morgan fingerprint density at radius 1 is 1.69 bits per heavy atom. The van der Waals surface area contributed by atoms with E-state index in [0.717, 1.165) is 19.3 Å². The number of rotatable bonds is 3. The maximum Gasteiger partial charge on any atom is 0.240 e. The fourth-order valence-electron chi connectivity index (χ4n) is 2.14. The van der Waals surface area contributed by atoms with Crippen LogP contribution in [0.1, 0.15) is 32.6 Å². The van der Waals surface area contributed by atoms with E-state index in [-0.39, 0.29) is 31.0 Å². The molecule has 0 radical (unpaired) electrons. The number of amides is 1. The zero-order valence-corrected chi connectivity index (χ0v) is 9.59. The Labute approximate surface area is 95.8 Å². The molecule has 3 atom stereocenters. The Kier molecular flexibility index (Phi) is 4.71. The monoisotopic (exact) mass is 225 g/mol. The van der Waals surface area contributed by atoms with Gasteiger partial charge in [-0.1, -0.05) is 0 Å². The molecule has 5 nitrogen and oxygen atoms in total. The maximum atomic E-state index is 12.0. The van der Waals surface area contributed by atoms with Gasteiger partial charge in [0.15, 0.2) is 0 Å². The van der Waals surface area contributed by atoms with E-state index in [1.165, 1.54) is 0 Å². The molecule has 0 unspecified atom stereocenters. The summed E-state index contributed by atoms with van der Waals surface area (Å²) in [6, 6.07) is 1.16. The third kappa shape index (κ3) is 2.71. The van der Waals surface area contributed by atoms with Crippen molar-refractivity contribution in [2.45, 2.75) is 50.7 Å². The highest BCUT2D eigenvalue weighted by Gasteiger charge is 2.33. The lowest BCUT2D eigenvalue weighted by atomic mass is 9.96. The van der Waals surface area contributed by atoms with Gasteiger partial charge in [-0.15, -0.1) is 0 Å². The van der Waals surface area contributed by atoms with Crippen LogP contribution in [0, 0.1) is 11.3 Å². The van der Waals surface area contributed by atoms with Gasteiger partial charge in [-0.25, -0.2) is 0 Å². The number of hydrogen-bond acceptors (Lipinski definition) is 4. The largest absolute Gasteiger partial charge is 0.396 e. The summed E-state index contributed by atoms with van der Waals surface area (Å²) in [5.41, 5.74) is 5.68. The van der Waals surface area contributed by atoms with Crippen molar-refractivity contribution in [3.8, 4) is 6.07 Å². The summed E-state index contributed by atoms with van der Waals surface area (Å²) >= 11 is 0. The molecular weight excluding hydrogens is 206 g/mol. The lowest BCUT2D eigenvalue weighted by Gasteiger charge is -2.38. The first kappa shape index (κ1) is 12.9. The van der Waals surface area contributed by atoms with Gasteiger partial charge in [0.1, 0.15) is 6.04 Å². The smallest absolute Gasteiger partial charge is 0.240 e. The van der Waals surface area contributed by atoms with Gasteiger partial charge < -0.3 is 15.7 Å². The van der Waals surface area contributed by atoms with Crippen LogP contribution in [0.2, 0.25) is 0 Å². The number of hydrogen-bond donors (Lipinski definition) is 2. The normalized spacial score (nSPS) is 27.2. The second-order valence-corrected chi connectivity index (χ2v) is 4.29. The van der Waals surface area contributed by atoms with Crippen LogP contribution >= 0.6 is 0 Å². The van der Waals surface area contributed by atoms with E-state index < -0.39 is 6.04 Å². The quantitative estimate of drug-likeness (QED) is 0.706. The average molecular weight is 225 g/mol. The molecular formula is C11H19N3O2. The zero-order valence-electron chi connectivity index (χ0n) is 9.59. The number of piperidine rings is 1. The summed E-state index contributed by atoms with van der Waals surface area (Å²) in [7, 11) is 0. The highest BCUT2D eigenvalue weighted by atomic mass is 16.3. The number of nitriles is 1. The van der Waals surface area contributed by atoms with Crippen LogP contribution < -0.4 is 5.73 Å². The molecule has 1 saturated heterocycles. The molecule has 1 aliphatic heterocycles. The van der Waals surface area contributed by atoms with Crippen molar-refractivity contribution in [1.82, 2.24) is 4.90 Å². The molecule has 1 amide bonds. The Bertz CT molecular complexity index is 287. The molecule has 0 aromatic rings. The minimum atomic E-state index is -0.693. The number of aliphatic hydroxyl groups is 1. The van der Waals surface area contributed by atoms with E-state index >= 15 is 0 Å². The first-order chi connectivity index (χ1) is 7.61. The van der Waals surface area contributed by atoms with Crippen molar-refractivity contribution in [3.63, 3.8) is 0 Å². The van der Waals surface area contributed by atoms with E-state index in [4.69, 9.17) is 16.1 Å². The third-order valence-corrected chi connectivity index (χ3v) is 3.07. The van der Waals surface area contributed by atoms with Crippen LogP contribution in [0.15, 0.2) is 0 Å². The Balaban J connectivity index is 2.74. The van der Waals surface area contributed by atoms with Crippen LogP contribution in [-0.4, -0.2) is 40.6 Å². The molecule has 1 fully saturated rings. The number of nitrogens with two attached hydrogens (primary N) is 1. The Hall–Kier alpha value is -1.12. The molecule has 0 aromatic heterocycles. The number of nitrogens with zero attached hydrogens (tertiary/aromatic N) is 2. The topological polar surface area (TPSA) is 90.4 Å². The van der Waals surface area contributed by atoms with Gasteiger partial charge >= 0.3 is 0 Å². The number of likely N-dealkylation sites (tertiary alicyclic amines) is 1. The summed E-state index contributed by atoms with van der Waals surface area (Å²) < 4.78 is 0. The van der Waals surface area contributed by atoms with Crippen molar-refractivity contribution in [2.24, 2.45) is 5.73 Å². The van der Waals surface area contributed by atoms with Crippen molar-refractivity contribution >= 4 is 5.91 Å². The van der Waals surface area contributed by atoms with Gasteiger partial charge in [-0.2, -0.15) is 5.26 Å². The van der Waals surface area contributed by atoms with E-state index in [1.54, 1.807) is 4.90 Å². The molecule has 0 saturated carbocycles. The van der Waals surface area contributed by atoms with Crippen LogP contribution in [0.25, 0.3) is 0 Å². The second kappa shape index (κ2) is 5.83. The Morgan fingerprint density at radius 2 is 2.38 bits per heavy atom. The highest BCUT2D eigenvalue weighted by molar-refractivity contribution is 5.82. The molecule has 0 spiro atoms. The zero-order chi connectivity index (χ0) is 12.1. The van der Waals surface area contributed by atoms with Crippen molar-refractivity contribution in [2.75, 3.05) is 6.61 Å². The van der Waals surface area contributed by atoms with Crippen LogP contribution in [-0.2, 0) is 4.79 Å². The van der Waals surface area contributed by atoms with E-state index in [2.05, 4.69) is 6.07 Å². The molecule has 3 N–H and O–H groups in total. The highest BCUT2D eigenvalue weighted by Crippen LogP contribution is 2.23. The van der Waals surface area contributed by atoms with Gasteiger partial charge in [-0.3, -0.25) is 4.79 Å². The lowest BCUT2D eigenvalue weighted by Crippen LogP contribution is -2.54. The van der Waals surface area contributed by atoms with E-state index in [1.807, 2.05) is 6.92 Å². The first-order valence-corrected chi connectivity index (χ1v) is 5.70. The number of carbonyl (C=O) groups is 1. The maximum absolute atomic E-state index is 12.0. The van der Waals surface area contributed by atoms with Crippen LogP contribution in [0.4, 0.5) is 0 Å². The predicted octanol–water partition coefficient (Wildman–Crippen LogP) is -0.0107. The first-order valence-electron chi connectivity index (χ1n) is 5.70. The summed E-state index contributed by atoms with van der Waals surface area (Å²) in [5, 5.41) is 17.8. The van der Waals surface area contributed by atoms with E-state index in [0.29, 0.717) is 0 Å². The van der Waals surface area contributed by atoms with Crippen LogP contribution in [0.3, 0.4) is 0 Å². The molecule has 0 aliphatic carbocycles.